The molecule has 2 atom stereocenters. The lowest BCUT2D eigenvalue weighted by molar-refractivity contribution is 0.294. The zero-order valence-electron chi connectivity index (χ0n) is 11.8. The van der Waals surface area contributed by atoms with Crippen molar-refractivity contribution in [2.24, 2.45) is 11.8 Å². The van der Waals surface area contributed by atoms with Crippen molar-refractivity contribution < 1.29 is 0 Å². The molecule has 2 saturated heterocycles. The molecule has 0 amide bonds. The van der Waals surface area contributed by atoms with Crippen molar-refractivity contribution in [1.82, 2.24) is 20.0 Å². The predicted molar refractivity (Wildman–Crippen MR) is 80.1 cm³/mol. The standard InChI is InChI=1S/C14H23BrN4/c1-3-12-14(15)13(19(4-2)17-12)9-18-7-10-5-16-6-11(10)8-18/h10-11,16H,3-9H2,1-2H3/t10-,11+. The number of halogens is 1. The summed E-state index contributed by atoms with van der Waals surface area (Å²) in [5, 5.41) is 8.19. The number of nitrogens with one attached hydrogen (secondary N) is 1. The number of hydrogen-bond donors (Lipinski definition) is 1. The molecule has 0 bridgehead atoms. The molecule has 2 aliphatic heterocycles. The number of hydrogen-bond acceptors (Lipinski definition) is 3. The van der Waals surface area contributed by atoms with Crippen LogP contribution in [0.2, 0.25) is 0 Å². The van der Waals surface area contributed by atoms with Crippen LogP contribution in [-0.2, 0) is 19.5 Å². The van der Waals surface area contributed by atoms with Crippen LogP contribution in [0.4, 0.5) is 0 Å². The summed E-state index contributed by atoms with van der Waals surface area (Å²) < 4.78 is 3.39. The van der Waals surface area contributed by atoms with Crippen molar-refractivity contribution in [3.8, 4) is 0 Å². The Hall–Kier alpha value is -0.390. The van der Waals surface area contributed by atoms with E-state index in [0.717, 1.165) is 31.3 Å². The van der Waals surface area contributed by atoms with Gasteiger partial charge in [0.2, 0.25) is 0 Å². The van der Waals surface area contributed by atoms with E-state index in [1.807, 2.05) is 0 Å². The van der Waals surface area contributed by atoms with E-state index in [4.69, 9.17) is 5.10 Å². The predicted octanol–water partition coefficient (Wildman–Crippen LogP) is 1.88. The van der Waals surface area contributed by atoms with Crippen LogP contribution in [0.3, 0.4) is 0 Å². The molecule has 1 N–H and O–H groups in total. The summed E-state index contributed by atoms with van der Waals surface area (Å²) in [6.45, 7) is 11.2. The highest BCUT2D eigenvalue weighted by Crippen LogP contribution is 2.30. The van der Waals surface area contributed by atoms with Gasteiger partial charge in [-0.05, 0) is 54.2 Å². The minimum Gasteiger partial charge on any atom is -0.316 e. The highest BCUT2D eigenvalue weighted by Gasteiger charge is 2.36. The lowest BCUT2D eigenvalue weighted by Gasteiger charge is -2.17. The van der Waals surface area contributed by atoms with Crippen molar-refractivity contribution in [1.29, 1.82) is 0 Å². The summed E-state index contributed by atoms with van der Waals surface area (Å²) in [5.41, 5.74) is 2.55. The first-order valence-corrected chi connectivity index (χ1v) is 8.19. The summed E-state index contributed by atoms with van der Waals surface area (Å²) >= 11 is 3.75. The van der Waals surface area contributed by atoms with E-state index in [0.29, 0.717) is 0 Å². The van der Waals surface area contributed by atoms with Gasteiger partial charge in [-0.1, -0.05) is 6.92 Å². The first-order valence-electron chi connectivity index (χ1n) is 7.40. The second kappa shape index (κ2) is 5.54. The average Bonchev–Trinajstić information content (AvgIpc) is 3.05. The van der Waals surface area contributed by atoms with Crippen LogP contribution in [0.5, 0.6) is 0 Å². The number of aromatic nitrogens is 2. The SMILES string of the molecule is CCc1nn(CC)c(CN2C[C@H]3CNC[C@H]3C2)c1Br. The zero-order chi connectivity index (χ0) is 13.4. The van der Waals surface area contributed by atoms with Crippen molar-refractivity contribution in [2.75, 3.05) is 26.2 Å². The van der Waals surface area contributed by atoms with Crippen LogP contribution in [0.25, 0.3) is 0 Å². The summed E-state index contributed by atoms with van der Waals surface area (Å²) in [6.07, 6.45) is 0.996. The van der Waals surface area contributed by atoms with Crippen LogP contribution >= 0.6 is 15.9 Å². The maximum absolute atomic E-state index is 4.69. The summed E-state index contributed by atoms with van der Waals surface area (Å²) in [4.78, 5) is 2.60. The van der Waals surface area contributed by atoms with Gasteiger partial charge in [0.1, 0.15) is 0 Å². The maximum atomic E-state index is 4.69. The molecule has 5 heteroatoms. The number of rotatable bonds is 4. The molecule has 2 fully saturated rings. The third-order valence-electron chi connectivity index (χ3n) is 4.53. The fourth-order valence-corrected chi connectivity index (χ4v) is 4.15. The van der Waals surface area contributed by atoms with Gasteiger partial charge in [0.15, 0.2) is 0 Å². The Balaban J connectivity index is 1.74. The van der Waals surface area contributed by atoms with Gasteiger partial charge in [-0.25, -0.2) is 0 Å². The Morgan fingerprint density at radius 2 is 1.95 bits per heavy atom. The van der Waals surface area contributed by atoms with Gasteiger partial charge < -0.3 is 5.32 Å². The van der Waals surface area contributed by atoms with E-state index in [-0.39, 0.29) is 0 Å². The van der Waals surface area contributed by atoms with Crippen molar-refractivity contribution in [2.45, 2.75) is 33.4 Å². The second-order valence-corrected chi connectivity index (χ2v) is 6.54. The normalized spacial score (nSPS) is 27.1. The molecule has 106 valence electrons. The second-order valence-electron chi connectivity index (χ2n) is 5.75. The van der Waals surface area contributed by atoms with Crippen LogP contribution in [0.1, 0.15) is 25.2 Å². The Kier molecular flexibility index (Phi) is 3.96. The molecule has 4 nitrogen and oxygen atoms in total. The topological polar surface area (TPSA) is 33.1 Å². The molecule has 0 unspecified atom stereocenters. The first kappa shape index (κ1) is 13.6. The molecular weight excluding hydrogens is 304 g/mol. The minimum atomic E-state index is 0.863. The van der Waals surface area contributed by atoms with Crippen molar-refractivity contribution in [3.05, 3.63) is 15.9 Å². The molecule has 0 aromatic carbocycles. The van der Waals surface area contributed by atoms with Crippen LogP contribution in [0, 0.1) is 11.8 Å². The number of aryl methyl sites for hydroxylation is 2. The molecule has 0 radical (unpaired) electrons. The third kappa shape index (κ3) is 2.48. The van der Waals surface area contributed by atoms with Crippen LogP contribution in [0.15, 0.2) is 4.47 Å². The molecule has 0 aliphatic carbocycles. The first-order chi connectivity index (χ1) is 9.22. The van der Waals surface area contributed by atoms with E-state index < -0.39 is 0 Å². The fourth-order valence-electron chi connectivity index (χ4n) is 3.46. The van der Waals surface area contributed by atoms with E-state index in [1.54, 1.807) is 0 Å². The summed E-state index contributed by atoms with van der Waals surface area (Å²) in [5.74, 6) is 1.73. The van der Waals surface area contributed by atoms with Crippen LogP contribution < -0.4 is 5.32 Å². The van der Waals surface area contributed by atoms with Crippen molar-refractivity contribution >= 4 is 15.9 Å². The molecule has 3 rings (SSSR count). The van der Waals surface area contributed by atoms with Gasteiger partial charge in [-0.3, -0.25) is 9.58 Å². The quantitative estimate of drug-likeness (QED) is 0.917. The number of nitrogens with zero attached hydrogens (tertiary/aromatic N) is 3. The van der Waals surface area contributed by atoms with Gasteiger partial charge in [-0.2, -0.15) is 5.10 Å². The highest BCUT2D eigenvalue weighted by atomic mass is 79.9. The van der Waals surface area contributed by atoms with Crippen molar-refractivity contribution in [3.63, 3.8) is 0 Å². The summed E-state index contributed by atoms with van der Waals surface area (Å²) in [6, 6.07) is 0. The molecule has 1 aromatic heterocycles. The molecule has 0 saturated carbocycles. The van der Waals surface area contributed by atoms with E-state index in [9.17, 15) is 0 Å². The monoisotopic (exact) mass is 326 g/mol. The number of likely N-dealkylation sites (tertiary alicyclic amines) is 1. The van der Waals surface area contributed by atoms with Crippen LogP contribution in [-0.4, -0.2) is 40.9 Å². The Labute approximate surface area is 123 Å². The molecule has 2 aliphatic rings. The molecule has 0 spiro atoms. The Morgan fingerprint density at radius 1 is 1.26 bits per heavy atom. The van der Waals surface area contributed by atoms with E-state index >= 15 is 0 Å². The highest BCUT2D eigenvalue weighted by molar-refractivity contribution is 9.10. The smallest absolute Gasteiger partial charge is 0.0767 e. The van der Waals surface area contributed by atoms with E-state index in [2.05, 4.69) is 44.7 Å². The van der Waals surface area contributed by atoms with Gasteiger partial charge in [0.05, 0.1) is 15.9 Å². The Morgan fingerprint density at radius 3 is 2.53 bits per heavy atom. The average molecular weight is 327 g/mol. The molecule has 19 heavy (non-hydrogen) atoms. The fraction of sp³-hybridized carbons (Fsp3) is 0.786. The molecule has 3 heterocycles. The Bertz CT molecular complexity index is 445. The lowest BCUT2D eigenvalue weighted by Crippen LogP contribution is -2.26. The third-order valence-corrected chi connectivity index (χ3v) is 5.45. The van der Waals surface area contributed by atoms with E-state index in [1.165, 1.54) is 42.0 Å². The van der Waals surface area contributed by atoms with Gasteiger partial charge in [-0.15, -0.1) is 0 Å². The largest absolute Gasteiger partial charge is 0.316 e. The lowest BCUT2D eigenvalue weighted by atomic mass is 10.0. The number of fused-ring (bicyclic) bond motifs is 1. The molecule has 1 aromatic rings. The van der Waals surface area contributed by atoms with Gasteiger partial charge in [0, 0.05) is 26.2 Å². The van der Waals surface area contributed by atoms with Gasteiger partial charge >= 0.3 is 0 Å². The van der Waals surface area contributed by atoms with Gasteiger partial charge in [0.25, 0.3) is 0 Å². The minimum absolute atomic E-state index is 0.863. The molecular formula is C14H23BrN4. The zero-order valence-corrected chi connectivity index (χ0v) is 13.4. The maximum Gasteiger partial charge on any atom is 0.0767 e. The summed E-state index contributed by atoms with van der Waals surface area (Å²) in [7, 11) is 0.